The van der Waals surface area contributed by atoms with Crippen LogP contribution in [0.5, 0.6) is 5.88 Å². The Morgan fingerprint density at radius 2 is 2.38 bits per heavy atom. The molecule has 1 spiro atoms. The summed E-state index contributed by atoms with van der Waals surface area (Å²) in [5.74, 6) is 0.644. The fraction of sp³-hybridized carbons (Fsp3) is 0.600. The van der Waals surface area contributed by atoms with E-state index in [1.54, 1.807) is 0 Å². The molecule has 1 fully saturated rings. The molecule has 112 valence electrons. The number of aromatic amines is 1. The Kier molecular flexibility index (Phi) is 3.38. The van der Waals surface area contributed by atoms with Crippen LogP contribution in [0.25, 0.3) is 0 Å². The summed E-state index contributed by atoms with van der Waals surface area (Å²) in [5.41, 5.74) is 7.90. The molecule has 2 atom stereocenters. The molecular formula is C15H20N4O2. The number of nitriles is 1. The molecule has 2 unspecified atom stereocenters. The van der Waals surface area contributed by atoms with Gasteiger partial charge in [-0.1, -0.05) is 13.3 Å². The van der Waals surface area contributed by atoms with E-state index < -0.39 is 5.41 Å². The number of unbranched alkanes of at least 4 members (excludes halogenated alkanes) is 1. The number of aryl methyl sites for hydroxylation is 1. The lowest BCUT2D eigenvalue weighted by atomic mass is 9.68. The zero-order chi connectivity index (χ0) is 15.0. The maximum absolute atomic E-state index is 9.58. The van der Waals surface area contributed by atoms with E-state index in [9.17, 15) is 5.26 Å². The summed E-state index contributed by atoms with van der Waals surface area (Å²) >= 11 is 0. The maximum atomic E-state index is 9.58. The lowest BCUT2D eigenvalue weighted by Gasteiger charge is -2.35. The molecule has 0 radical (unpaired) electrons. The Hall–Kier alpha value is -2.00. The minimum Gasteiger partial charge on any atom is -0.420 e. The molecule has 0 aliphatic carbocycles. The highest BCUT2D eigenvalue weighted by molar-refractivity contribution is 5.56. The Labute approximate surface area is 123 Å². The number of nitrogens with two attached hydrogens (primary N) is 1. The zero-order valence-electron chi connectivity index (χ0n) is 12.4. The summed E-state index contributed by atoms with van der Waals surface area (Å²) < 4.78 is 11.3. The Morgan fingerprint density at radius 1 is 1.57 bits per heavy atom. The number of H-pyrrole nitrogens is 1. The molecule has 2 aliphatic rings. The highest BCUT2D eigenvalue weighted by Crippen LogP contribution is 2.51. The summed E-state index contributed by atoms with van der Waals surface area (Å²) in [6.07, 6.45) is 3.64. The maximum Gasteiger partial charge on any atom is 0.244 e. The standard InChI is InChI=1S/C15H20N4O2/c1-3-4-5-11-12-14(19-18-11)21-13(17)10(8-16)15(12)6-7-20-9(15)2/h9H,3-7,17H2,1-2H3,(H,18,19). The SMILES string of the molecule is CCCCc1[nH]nc2c1C1(CCOC1C)C(C#N)=C(N)O2. The van der Waals surface area contributed by atoms with Crippen molar-refractivity contribution in [2.75, 3.05) is 6.61 Å². The number of nitrogens with one attached hydrogen (secondary N) is 1. The Balaban J connectivity index is 2.17. The van der Waals surface area contributed by atoms with Gasteiger partial charge in [-0.15, -0.1) is 5.10 Å². The van der Waals surface area contributed by atoms with Gasteiger partial charge in [-0.05, 0) is 26.2 Å². The van der Waals surface area contributed by atoms with Crippen LogP contribution in [0.15, 0.2) is 11.5 Å². The third-order valence-electron chi connectivity index (χ3n) is 4.60. The molecule has 2 aliphatic heterocycles. The van der Waals surface area contributed by atoms with E-state index in [4.69, 9.17) is 15.2 Å². The van der Waals surface area contributed by atoms with Crippen LogP contribution in [0.1, 0.15) is 44.4 Å². The molecule has 1 saturated heterocycles. The number of aromatic nitrogens is 2. The highest BCUT2D eigenvalue weighted by atomic mass is 16.5. The molecule has 0 bridgehead atoms. The molecule has 3 N–H and O–H groups in total. The lowest BCUT2D eigenvalue weighted by molar-refractivity contribution is 0.0996. The van der Waals surface area contributed by atoms with Gasteiger partial charge in [0.25, 0.3) is 0 Å². The number of hydrogen-bond donors (Lipinski definition) is 2. The van der Waals surface area contributed by atoms with Crippen molar-refractivity contribution in [3.63, 3.8) is 0 Å². The van der Waals surface area contributed by atoms with Crippen LogP contribution >= 0.6 is 0 Å². The molecule has 6 heteroatoms. The van der Waals surface area contributed by atoms with Crippen LogP contribution in [0.3, 0.4) is 0 Å². The third-order valence-corrected chi connectivity index (χ3v) is 4.60. The van der Waals surface area contributed by atoms with Gasteiger partial charge < -0.3 is 15.2 Å². The van der Waals surface area contributed by atoms with Crippen molar-refractivity contribution >= 4 is 0 Å². The van der Waals surface area contributed by atoms with Gasteiger partial charge in [0, 0.05) is 12.3 Å². The second kappa shape index (κ2) is 5.08. The minimum atomic E-state index is -0.525. The van der Waals surface area contributed by atoms with Crippen molar-refractivity contribution in [3.05, 3.63) is 22.7 Å². The van der Waals surface area contributed by atoms with Gasteiger partial charge in [-0.25, -0.2) is 0 Å². The van der Waals surface area contributed by atoms with E-state index in [0.717, 1.165) is 36.9 Å². The largest absolute Gasteiger partial charge is 0.420 e. The van der Waals surface area contributed by atoms with Gasteiger partial charge in [0.1, 0.15) is 11.6 Å². The summed E-state index contributed by atoms with van der Waals surface area (Å²) in [7, 11) is 0. The van der Waals surface area contributed by atoms with E-state index in [1.165, 1.54) is 0 Å². The second-order valence-electron chi connectivity index (χ2n) is 5.67. The van der Waals surface area contributed by atoms with E-state index >= 15 is 0 Å². The van der Waals surface area contributed by atoms with Crippen molar-refractivity contribution in [1.29, 1.82) is 5.26 Å². The first-order chi connectivity index (χ1) is 10.1. The smallest absolute Gasteiger partial charge is 0.244 e. The van der Waals surface area contributed by atoms with Crippen molar-refractivity contribution in [2.24, 2.45) is 5.73 Å². The van der Waals surface area contributed by atoms with Gasteiger partial charge in [0.2, 0.25) is 11.8 Å². The van der Waals surface area contributed by atoms with Crippen LogP contribution in [-0.2, 0) is 16.6 Å². The van der Waals surface area contributed by atoms with Crippen LogP contribution in [0, 0.1) is 11.3 Å². The van der Waals surface area contributed by atoms with E-state index in [0.29, 0.717) is 18.1 Å². The van der Waals surface area contributed by atoms with Gasteiger partial charge in [-0.2, -0.15) is 5.26 Å². The normalized spacial score (nSPS) is 27.6. The van der Waals surface area contributed by atoms with Crippen molar-refractivity contribution in [2.45, 2.75) is 51.0 Å². The molecule has 21 heavy (non-hydrogen) atoms. The molecule has 0 saturated carbocycles. The van der Waals surface area contributed by atoms with Gasteiger partial charge >= 0.3 is 0 Å². The summed E-state index contributed by atoms with van der Waals surface area (Å²) in [6, 6.07) is 2.24. The predicted molar refractivity (Wildman–Crippen MR) is 76.4 cm³/mol. The van der Waals surface area contributed by atoms with Crippen molar-refractivity contribution in [1.82, 2.24) is 10.2 Å². The fourth-order valence-electron chi connectivity index (χ4n) is 3.48. The number of nitrogens with zero attached hydrogens (tertiary/aromatic N) is 2. The van der Waals surface area contributed by atoms with Gasteiger partial charge in [0.15, 0.2) is 0 Å². The third kappa shape index (κ3) is 1.84. The van der Waals surface area contributed by atoms with Crippen LogP contribution in [0.4, 0.5) is 0 Å². The molecule has 6 nitrogen and oxygen atoms in total. The van der Waals surface area contributed by atoms with E-state index in [-0.39, 0.29) is 12.0 Å². The molecule has 3 rings (SSSR count). The monoisotopic (exact) mass is 288 g/mol. The molecule has 1 aromatic rings. The predicted octanol–water partition coefficient (Wildman–Crippen LogP) is 1.89. The summed E-state index contributed by atoms with van der Waals surface area (Å²) in [5, 5.41) is 16.9. The first-order valence-corrected chi connectivity index (χ1v) is 7.42. The van der Waals surface area contributed by atoms with Gasteiger partial charge in [-0.3, -0.25) is 5.10 Å². The second-order valence-corrected chi connectivity index (χ2v) is 5.67. The van der Waals surface area contributed by atoms with Crippen molar-refractivity contribution in [3.8, 4) is 11.9 Å². The summed E-state index contributed by atoms with van der Waals surface area (Å²) in [4.78, 5) is 0. The minimum absolute atomic E-state index is 0.119. The highest BCUT2D eigenvalue weighted by Gasteiger charge is 2.54. The van der Waals surface area contributed by atoms with Crippen LogP contribution in [-0.4, -0.2) is 22.9 Å². The van der Waals surface area contributed by atoms with Gasteiger partial charge in [0.05, 0.1) is 17.1 Å². The average Bonchev–Trinajstić information content (AvgIpc) is 3.02. The quantitative estimate of drug-likeness (QED) is 0.885. The van der Waals surface area contributed by atoms with Crippen LogP contribution in [0.2, 0.25) is 0 Å². The summed E-state index contributed by atoms with van der Waals surface area (Å²) in [6.45, 7) is 4.75. The number of ether oxygens (including phenoxy) is 2. The topological polar surface area (TPSA) is 97.0 Å². The van der Waals surface area contributed by atoms with E-state index in [1.807, 2.05) is 6.92 Å². The molecule has 1 aromatic heterocycles. The fourth-order valence-corrected chi connectivity index (χ4v) is 3.48. The zero-order valence-corrected chi connectivity index (χ0v) is 12.4. The molecule has 0 amide bonds. The average molecular weight is 288 g/mol. The van der Waals surface area contributed by atoms with E-state index in [2.05, 4.69) is 23.2 Å². The Morgan fingerprint density at radius 3 is 3.00 bits per heavy atom. The molecule has 0 aromatic carbocycles. The number of fused-ring (bicyclic) bond motifs is 2. The molecular weight excluding hydrogens is 268 g/mol. The number of hydrogen-bond acceptors (Lipinski definition) is 5. The first-order valence-electron chi connectivity index (χ1n) is 7.42. The van der Waals surface area contributed by atoms with Crippen molar-refractivity contribution < 1.29 is 9.47 Å². The Bertz CT molecular complexity index is 628. The number of rotatable bonds is 3. The lowest BCUT2D eigenvalue weighted by Crippen LogP contribution is -2.41. The first kappa shape index (κ1) is 14.0. The molecule has 3 heterocycles. The van der Waals surface area contributed by atoms with Crippen LogP contribution < -0.4 is 10.5 Å².